The third-order valence-electron chi connectivity index (χ3n) is 3.66. The number of carbonyl (C=O) groups is 1. The molecule has 0 bridgehead atoms. The van der Waals surface area contributed by atoms with Gasteiger partial charge < -0.3 is 10.2 Å². The number of nitrogens with one attached hydrogen (secondary N) is 1. The molecule has 2 fully saturated rings. The molecule has 0 aromatic carbocycles. The molecule has 2 atom stereocenters. The second kappa shape index (κ2) is 4.52. The van der Waals surface area contributed by atoms with Crippen molar-refractivity contribution in [3.8, 4) is 0 Å². The zero-order chi connectivity index (χ0) is 10.8. The summed E-state index contributed by atoms with van der Waals surface area (Å²) in [6.07, 6.45) is 4.54. The Kier molecular flexibility index (Phi) is 3.29. The number of rotatable bonds is 4. The summed E-state index contributed by atoms with van der Waals surface area (Å²) < 4.78 is 0. The van der Waals surface area contributed by atoms with Crippen LogP contribution in [0.1, 0.15) is 39.5 Å². The van der Waals surface area contributed by atoms with Crippen LogP contribution in [-0.4, -0.2) is 36.0 Å². The minimum Gasteiger partial charge on any atom is -0.335 e. The molecule has 1 N–H and O–H groups in total. The predicted octanol–water partition coefficient (Wildman–Crippen LogP) is 1.39. The van der Waals surface area contributed by atoms with Crippen molar-refractivity contribution in [2.75, 3.05) is 13.1 Å². The van der Waals surface area contributed by atoms with Crippen molar-refractivity contribution in [1.82, 2.24) is 10.2 Å². The van der Waals surface area contributed by atoms with E-state index in [1.807, 2.05) is 0 Å². The number of hydrogen-bond donors (Lipinski definition) is 1. The second-order valence-electron chi connectivity index (χ2n) is 4.93. The maximum absolute atomic E-state index is 12.2. The largest absolute Gasteiger partial charge is 0.335 e. The van der Waals surface area contributed by atoms with Gasteiger partial charge in [-0.25, -0.2) is 0 Å². The third-order valence-corrected chi connectivity index (χ3v) is 3.66. The van der Waals surface area contributed by atoms with Gasteiger partial charge in [0.1, 0.15) is 0 Å². The number of nitrogens with zero attached hydrogens (tertiary/aromatic N) is 1. The minimum atomic E-state index is 0.200. The van der Waals surface area contributed by atoms with E-state index >= 15 is 0 Å². The SMILES string of the molecule is CCC(C)C(=O)N(C1CC1)C1CCNC1. The van der Waals surface area contributed by atoms with Crippen molar-refractivity contribution in [3.63, 3.8) is 0 Å². The molecule has 1 saturated heterocycles. The van der Waals surface area contributed by atoms with Crippen molar-refractivity contribution >= 4 is 5.91 Å². The molecule has 86 valence electrons. The van der Waals surface area contributed by atoms with Crippen LogP contribution in [0.25, 0.3) is 0 Å². The van der Waals surface area contributed by atoms with E-state index in [0.29, 0.717) is 18.0 Å². The molecule has 0 aromatic heterocycles. The fourth-order valence-corrected chi connectivity index (χ4v) is 2.32. The van der Waals surface area contributed by atoms with E-state index in [1.54, 1.807) is 0 Å². The maximum atomic E-state index is 12.2. The maximum Gasteiger partial charge on any atom is 0.225 e. The van der Waals surface area contributed by atoms with Crippen molar-refractivity contribution in [2.45, 2.75) is 51.6 Å². The highest BCUT2D eigenvalue weighted by Crippen LogP contribution is 2.31. The number of carbonyl (C=O) groups excluding carboxylic acids is 1. The Morgan fingerprint density at radius 1 is 1.40 bits per heavy atom. The zero-order valence-corrected chi connectivity index (χ0v) is 9.83. The normalized spacial score (nSPS) is 27.7. The molecule has 2 unspecified atom stereocenters. The van der Waals surface area contributed by atoms with Crippen molar-refractivity contribution < 1.29 is 4.79 Å². The fourth-order valence-electron chi connectivity index (χ4n) is 2.32. The first-order chi connectivity index (χ1) is 7.24. The van der Waals surface area contributed by atoms with Crippen LogP contribution in [0.2, 0.25) is 0 Å². The quantitative estimate of drug-likeness (QED) is 0.760. The topological polar surface area (TPSA) is 32.3 Å². The Morgan fingerprint density at radius 2 is 2.13 bits per heavy atom. The first-order valence-electron chi connectivity index (χ1n) is 6.27. The molecule has 1 amide bonds. The van der Waals surface area contributed by atoms with E-state index in [0.717, 1.165) is 25.9 Å². The van der Waals surface area contributed by atoms with E-state index in [9.17, 15) is 4.79 Å². The molecular weight excluding hydrogens is 188 g/mol. The monoisotopic (exact) mass is 210 g/mol. The van der Waals surface area contributed by atoms with Crippen molar-refractivity contribution in [3.05, 3.63) is 0 Å². The Morgan fingerprint density at radius 3 is 2.60 bits per heavy atom. The lowest BCUT2D eigenvalue weighted by Gasteiger charge is -2.30. The summed E-state index contributed by atoms with van der Waals surface area (Å²) in [5, 5.41) is 3.35. The van der Waals surface area contributed by atoms with Gasteiger partial charge in [-0.3, -0.25) is 4.79 Å². The average molecular weight is 210 g/mol. The number of hydrogen-bond acceptors (Lipinski definition) is 2. The van der Waals surface area contributed by atoms with Crippen LogP contribution in [0.15, 0.2) is 0 Å². The molecule has 1 aliphatic carbocycles. The predicted molar refractivity (Wildman–Crippen MR) is 60.6 cm³/mol. The lowest BCUT2D eigenvalue weighted by molar-refractivity contribution is -0.137. The van der Waals surface area contributed by atoms with E-state index in [-0.39, 0.29) is 5.92 Å². The van der Waals surface area contributed by atoms with Gasteiger partial charge in [0.05, 0.1) is 0 Å². The summed E-state index contributed by atoms with van der Waals surface area (Å²) >= 11 is 0. The molecule has 1 aliphatic heterocycles. The lowest BCUT2D eigenvalue weighted by atomic mass is 10.1. The van der Waals surface area contributed by atoms with Crippen LogP contribution in [0.4, 0.5) is 0 Å². The van der Waals surface area contributed by atoms with E-state index < -0.39 is 0 Å². The highest BCUT2D eigenvalue weighted by Gasteiger charge is 2.39. The van der Waals surface area contributed by atoms with E-state index in [2.05, 4.69) is 24.1 Å². The van der Waals surface area contributed by atoms with Crippen LogP contribution in [0, 0.1) is 5.92 Å². The molecule has 0 spiro atoms. The Balaban J connectivity index is 2.01. The second-order valence-corrected chi connectivity index (χ2v) is 4.93. The first-order valence-corrected chi connectivity index (χ1v) is 6.27. The Labute approximate surface area is 92.2 Å². The minimum absolute atomic E-state index is 0.200. The molecule has 0 aromatic rings. The van der Waals surface area contributed by atoms with Gasteiger partial charge in [0.25, 0.3) is 0 Å². The van der Waals surface area contributed by atoms with E-state index in [4.69, 9.17) is 0 Å². The Hall–Kier alpha value is -0.570. The van der Waals surface area contributed by atoms with Crippen LogP contribution in [0.3, 0.4) is 0 Å². The molecular formula is C12H22N2O. The summed E-state index contributed by atoms with van der Waals surface area (Å²) in [5.74, 6) is 0.583. The zero-order valence-electron chi connectivity index (χ0n) is 9.83. The van der Waals surface area contributed by atoms with Crippen LogP contribution < -0.4 is 5.32 Å². The summed E-state index contributed by atoms with van der Waals surface area (Å²) in [5.41, 5.74) is 0. The smallest absolute Gasteiger partial charge is 0.225 e. The highest BCUT2D eigenvalue weighted by atomic mass is 16.2. The molecule has 3 heteroatoms. The molecule has 1 heterocycles. The van der Waals surface area contributed by atoms with Gasteiger partial charge in [-0.2, -0.15) is 0 Å². The standard InChI is InChI=1S/C12H22N2O/c1-3-9(2)12(15)14(10-4-5-10)11-6-7-13-8-11/h9-11,13H,3-8H2,1-2H3. The van der Waals surface area contributed by atoms with Crippen molar-refractivity contribution in [2.24, 2.45) is 5.92 Å². The van der Waals surface area contributed by atoms with Crippen LogP contribution in [0.5, 0.6) is 0 Å². The van der Waals surface area contributed by atoms with Gasteiger partial charge in [-0.15, -0.1) is 0 Å². The first kappa shape index (κ1) is 10.9. The van der Waals surface area contributed by atoms with Crippen LogP contribution >= 0.6 is 0 Å². The molecule has 3 nitrogen and oxygen atoms in total. The Bertz CT molecular complexity index is 232. The van der Waals surface area contributed by atoms with E-state index in [1.165, 1.54) is 12.8 Å². The van der Waals surface area contributed by atoms with Crippen LogP contribution in [-0.2, 0) is 4.79 Å². The molecule has 2 rings (SSSR count). The lowest BCUT2D eigenvalue weighted by Crippen LogP contribution is -2.45. The molecule has 0 radical (unpaired) electrons. The summed E-state index contributed by atoms with van der Waals surface area (Å²) in [6, 6.07) is 1.04. The van der Waals surface area contributed by atoms with Gasteiger partial charge in [-0.1, -0.05) is 13.8 Å². The average Bonchev–Trinajstić information content (AvgIpc) is 2.92. The third kappa shape index (κ3) is 2.33. The van der Waals surface area contributed by atoms with Gasteiger partial charge in [0.2, 0.25) is 5.91 Å². The fraction of sp³-hybridized carbons (Fsp3) is 0.917. The summed E-state index contributed by atoms with van der Waals surface area (Å²) in [4.78, 5) is 14.4. The van der Waals surface area contributed by atoms with Gasteiger partial charge in [0, 0.05) is 24.5 Å². The summed E-state index contributed by atoms with van der Waals surface area (Å²) in [7, 11) is 0. The van der Waals surface area contributed by atoms with Gasteiger partial charge >= 0.3 is 0 Å². The molecule has 2 aliphatic rings. The number of amides is 1. The molecule has 1 saturated carbocycles. The van der Waals surface area contributed by atoms with Gasteiger partial charge in [0.15, 0.2) is 0 Å². The summed E-state index contributed by atoms with van der Waals surface area (Å²) in [6.45, 7) is 6.22. The van der Waals surface area contributed by atoms with Crippen molar-refractivity contribution in [1.29, 1.82) is 0 Å². The molecule has 15 heavy (non-hydrogen) atoms. The van der Waals surface area contributed by atoms with Gasteiger partial charge in [-0.05, 0) is 32.2 Å². The highest BCUT2D eigenvalue weighted by molar-refractivity contribution is 5.79.